The summed E-state index contributed by atoms with van der Waals surface area (Å²) in [5, 5.41) is 2.50. The van der Waals surface area contributed by atoms with Crippen molar-refractivity contribution in [1.29, 1.82) is 0 Å². The van der Waals surface area contributed by atoms with Gasteiger partial charge >= 0.3 is 6.18 Å². The van der Waals surface area contributed by atoms with E-state index in [1.807, 2.05) is 30.3 Å². The Bertz CT molecular complexity index is 869. The smallest absolute Gasteiger partial charge is 0.338 e. The molecule has 2 amide bonds. The van der Waals surface area contributed by atoms with E-state index < -0.39 is 23.6 Å². The molecule has 1 fully saturated rings. The summed E-state index contributed by atoms with van der Waals surface area (Å²) in [4.78, 5) is 26.3. The third kappa shape index (κ3) is 4.69. The molecule has 0 spiro atoms. The van der Waals surface area contributed by atoms with Crippen LogP contribution in [-0.4, -0.2) is 23.3 Å². The fraction of sp³-hybridized carbons (Fsp3) is 0.300. The molecular weight excluding hydrogens is 371 g/mol. The Morgan fingerprint density at radius 2 is 1.86 bits per heavy atom. The first-order chi connectivity index (χ1) is 13.3. The van der Waals surface area contributed by atoms with Crippen LogP contribution < -0.4 is 11.1 Å². The number of halogens is 3. The van der Waals surface area contributed by atoms with Crippen molar-refractivity contribution in [2.75, 3.05) is 11.9 Å². The van der Waals surface area contributed by atoms with Gasteiger partial charge in [0.1, 0.15) is 0 Å². The van der Waals surface area contributed by atoms with E-state index in [4.69, 9.17) is 5.73 Å². The van der Waals surface area contributed by atoms with Gasteiger partial charge in [-0.3, -0.25) is 9.59 Å². The highest BCUT2D eigenvalue weighted by Crippen LogP contribution is 2.32. The highest BCUT2D eigenvalue weighted by atomic mass is 19.4. The number of carbonyl (C=O) groups is 2. The molecule has 1 heterocycles. The lowest BCUT2D eigenvalue weighted by molar-refractivity contribution is -0.137. The van der Waals surface area contributed by atoms with Gasteiger partial charge in [-0.2, -0.15) is 13.2 Å². The predicted molar refractivity (Wildman–Crippen MR) is 97.9 cm³/mol. The van der Waals surface area contributed by atoms with Crippen LogP contribution in [-0.2, 0) is 28.9 Å². The number of nitrogens with zero attached hydrogens (tertiary/aromatic N) is 1. The molecule has 3 N–H and O–H groups in total. The Morgan fingerprint density at radius 1 is 1.14 bits per heavy atom. The summed E-state index contributed by atoms with van der Waals surface area (Å²) in [5.41, 5.74) is 5.82. The number of rotatable bonds is 5. The second-order valence-corrected chi connectivity index (χ2v) is 6.77. The number of anilines is 1. The molecular formula is C20H20F3N3O2. The van der Waals surface area contributed by atoms with Crippen molar-refractivity contribution in [3.8, 4) is 0 Å². The summed E-state index contributed by atoms with van der Waals surface area (Å²) >= 11 is 0. The van der Waals surface area contributed by atoms with Crippen molar-refractivity contribution < 1.29 is 22.8 Å². The quantitative estimate of drug-likeness (QED) is 0.822. The number of alkyl halides is 3. The van der Waals surface area contributed by atoms with Gasteiger partial charge in [0.25, 0.3) is 0 Å². The number of nitrogens with two attached hydrogens (primary N) is 1. The van der Waals surface area contributed by atoms with E-state index in [-0.39, 0.29) is 36.7 Å². The maximum atomic E-state index is 13.0. The Labute approximate surface area is 160 Å². The predicted octanol–water partition coefficient (Wildman–Crippen LogP) is 3.15. The monoisotopic (exact) mass is 391 g/mol. The van der Waals surface area contributed by atoms with Gasteiger partial charge in [0.2, 0.25) is 11.8 Å². The minimum absolute atomic E-state index is 0.0224. The van der Waals surface area contributed by atoms with Crippen molar-refractivity contribution in [3.05, 3.63) is 65.2 Å². The third-order valence-electron chi connectivity index (χ3n) is 4.62. The summed E-state index contributed by atoms with van der Waals surface area (Å²) < 4.78 is 39.1. The normalized spacial score (nSPS) is 17.1. The van der Waals surface area contributed by atoms with E-state index in [1.165, 1.54) is 6.07 Å². The highest BCUT2D eigenvalue weighted by Gasteiger charge is 2.35. The Kier molecular flexibility index (Phi) is 5.69. The first kappa shape index (κ1) is 19.9. The Hall–Kier alpha value is -2.87. The molecule has 5 nitrogen and oxygen atoms in total. The van der Waals surface area contributed by atoms with Crippen molar-refractivity contribution in [1.82, 2.24) is 4.90 Å². The molecule has 1 aliphatic rings. The van der Waals surface area contributed by atoms with Crippen molar-refractivity contribution >= 4 is 17.5 Å². The number of benzene rings is 2. The third-order valence-corrected chi connectivity index (χ3v) is 4.62. The molecule has 0 radical (unpaired) electrons. The van der Waals surface area contributed by atoms with Gasteiger partial charge in [-0.15, -0.1) is 0 Å². The van der Waals surface area contributed by atoms with Crippen LogP contribution in [0.4, 0.5) is 18.9 Å². The van der Waals surface area contributed by atoms with Gasteiger partial charge < -0.3 is 16.0 Å². The topological polar surface area (TPSA) is 75.4 Å². The number of likely N-dealkylation sites (tertiary alicyclic amines) is 1. The summed E-state index contributed by atoms with van der Waals surface area (Å²) in [6.07, 6.45) is -4.51. The Morgan fingerprint density at radius 3 is 2.50 bits per heavy atom. The number of hydrogen-bond acceptors (Lipinski definition) is 3. The highest BCUT2D eigenvalue weighted by molar-refractivity contribution is 5.97. The molecule has 8 heteroatoms. The van der Waals surface area contributed by atoms with Crippen LogP contribution in [0.3, 0.4) is 0 Å². The molecule has 0 bridgehead atoms. The van der Waals surface area contributed by atoms with Gasteiger partial charge in [-0.25, -0.2) is 0 Å². The fourth-order valence-electron chi connectivity index (χ4n) is 3.19. The van der Waals surface area contributed by atoms with Gasteiger partial charge in [-0.05, 0) is 29.3 Å². The SMILES string of the molecule is NCc1cc(NC(=O)C2CC(=O)N(Cc3ccccc3)C2)cc(C(F)(F)F)c1. The minimum Gasteiger partial charge on any atom is -0.338 e. The average Bonchev–Trinajstić information content (AvgIpc) is 3.02. The van der Waals surface area contributed by atoms with Crippen molar-refractivity contribution in [3.63, 3.8) is 0 Å². The number of nitrogens with one attached hydrogen (secondary N) is 1. The van der Waals surface area contributed by atoms with Gasteiger partial charge in [0.05, 0.1) is 11.5 Å². The van der Waals surface area contributed by atoms with Crippen LogP contribution in [0.25, 0.3) is 0 Å². The Balaban J connectivity index is 1.69. The second-order valence-electron chi connectivity index (χ2n) is 6.77. The first-order valence-electron chi connectivity index (χ1n) is 8.80. The lowest BCUT2D eigenvalue weighted by Crippen LogP contribution is -2.28. The summed E-state index contributed by atoms with van der Waals surface area (Å²) in [6.45, 7) is 0.534. The molecule has 1 atom stereocenters. The molecule has 0 aromatic heterocycles. The molecule has 3 rings (SSSR count). The van der Waals surface area contributed by atoms with E-state index in [1.54, 1.807) is 4.90 Å². The van der Waals surface area contributed by atoms with Gasteiger partial charge in [-0.1, -0.05) is 30.3 Å². The molecule has 0 aliphatic carbocycles. The molecule has 148 valence electrons. The average molecular weight is 391 g/mol. The summed E-state index contributed by atoms with van der Waals surface area (Å²) in [7, 11) is 0. The largest absolute Gasteiger partial charge is 0.416 e. The van der Waals surface area contributed by atoms with Crippen LogP contribution in [0.15, 0.2) is 48.5 Å². The fourth-order valence-corrected chi connectivity index (χ4v) is 3.19. The number of hydrogen-bond donors (Lipinski definition) is 2. The maximum absolute atomic E-state index is 13.0. The van der Waals surface area contributed by atoms with E-state index in [0.29, 0.717) is 6.54 Å². The lowest BCUT2D eigenvalue weighted by Gasteiger charge is -2.17. The van der Waals surface area contributed by atoms with E-state index in [0.717, 1.165) is 17.7 Å². The molecule has 1 aliphatic heterocycles. The molecule has 2 aromatic rings. The zero-order chi connectivity index (χ0) is 20.3. The van der Waals surface area contributed by atoms with Crippen LogP contribution >= 0.6 is 0 Å². The van der Waals surface area contributed by atoms with Crippen LogP contribution in [0.1, 0.15) is 23.1 Å². The molecule has 2 aromatic carbocycles. The zero-order valence-corrected chi connectivity index (χ0v) is 15.0. The van der Waals surface area contributed by atoms with Crippen molar-refractivity contribution in [2.45, 2.75) is 25.7 Å². The number of carbonyl (C=O) groups excluding carboxylic acids is 2. The standard InChI is InChI=1S/C20H20F3N3O2/c21-20(22,23)16-6-14(10-24)7-17(9-16)25-19(28)15-8-18(27)26(12-15)11-13-4-2-1-3-5-13/h1-7,9,15H,8,10-12,24H2,(H,25,28). The van der Waals surface area contributed by atoms with Crippen molar-refractivity contribution in [2.24, 2.45) is 11.7 Å². The molecule has 1 saturated heterocycles. The van der Waals surface area contributed by atoms with Crippen LogP contribution in [0.2, 0.25) is 0 Å². The maximum Gasteiger partial charge on any atom is 0.416 e. The summed E-state index contributed by atoms with van der Waals surface area (Å²) in [5.74, 6) is -1.26. The second kappa shape index (κ2) is 8.02. The number of amides is 2. The summed E-state index contributed by atoms with van der Waals surface area (Å²) in [6, 6.07) is 12.6. The zero-order valence-electron chi connectivity index (χ0n) is 15.0. The molecule has 1 unspecified atom stereocenters. The van der Waals surface area contributed by atoms with Gasteiger partial charge in [0.15, 0.2) is 0 Å². The van der Waals surface area contributed by atoms with E-state index >= 15 is 0 Å². The van der Waals surface area contributed by atoms with E-state index in [9.17, 15) is 22.8 Å². The first-order valence-corrected chi connectivity index (χ1v) is 8.80. The lowest BCUT2D eigenvalue weighted by atomic mass is 10.1. The van der Waals surface area contributed by atoms with Crippen LogP contribution in [0.5, 0.6) is 0 Å². The molecule has 0 saturated carbocycles. The minimum atomic E-state index is -4.54. The van der Waals surface area contributed by atoms with Crippen LogP contribution in [0, 0.1) is 5.92 Å². The van der Waals surface area contributed by atoms with Gasteiger partial charge in [0, 0.05) is 31.7 Å². The molecule has 28 heavy (non-hydrogen) atoms. The van der Waals surface area contributed by atoms with E-state index in [2.05, 4.69) is 5.32 Å².